The van der Waals surface area contributed by atoms with Crippen molar-refractivity contribution in [2.24, 2.45) is 4.99 Å². The van der Waals surface area contributed by atoms with Gasteiger partial charge in [-0.05, 0) is 45.0 Å². The molecule has 0 radical (unpaired) electrons. The Balaban J connectivity index is 2.03. The number of carbonyl (C=O) groups excluding carboxylic acids is 1. The highest BCUT2D eigenvalue weighted by molar-refractivity contribution is 7.91. The summed E-state index contributed by atoms with van der Waals surface area (Å²) in [5.74, 6) is 0.00660. The van der Waals surface area contributed by atoms with Gasteiger partial charge in [0.1, 0.15) is 11.9 Å². The van der Waals surface area contributed by atoms with E-state index in [0.29, 0.717) is 0 Å². The van der Waals surface area contributed by atoms with Gasteiger partial charge in [0.2, 0.25) is 20.8 Å². The number of hydrogen-bond acceptors (Lipinski definition) is 6. The molecule has 2 N–H and O–H groups in total. The van der Waals surface area contributed by atoms with Gasteiger partial charge in [-0.2, -0.15) is 0 Å². The molecule has 0 saturated heterocycles. The maximum absolute atomic E-state index is 12.5. The lowest BCUT2D eigenvalue weighted by atomic mass is 10.2. The minimum Gasteiger partial charge on any atom is -0.443 e. The molecule has 1 aromatic carbocycles. The largest absolute Gasteiger partial charge is 0.443 e. The number of nitrogens with zero attached hydrogens (tertiary/aromatic N) is 1. The van der Waals surface area contributed by atoms with Crippen molar-refractivity contribution >= 4 is 51.4 Å². The van der Waals surface area contributed by atoms with Crippen LogP contribution < -0.4 is 10.9 Å². The van der Waals surface area contributed by atoms with Crippen LogP contribution in [0.15, 0.2) is 49.7 Å². The van der Waals surface area contributed by atoms with E-state index in [1.165, 1.54) is 30.3 Å². The molecule has 2 rings (SSSR count). The van der Waals surface area contributed by atoms with Crippen molar-refractivity contribution in [2.75, 3.05) is 0 Å². The molecule has 2 aromatic rings. The summed E-state index contributed by atoms with van der Waals surface area (Å²) in [5, 5.41) is 0.0389. The van der Waals surface area contributed by atoms with E-state index in [4.69, 9.17) is 32.4 Å². The lowest BCUT2D eigenvalue weighted by Crippen LogP contribution is -2.40. The third-order valence-electron chi connectivity index (χ3n) is 2.86. The summed E-state index contributed by atoms with van der Waals surface area (Å²) in [7, 11) is -3.92. The van der Waals surface area contributed by atoms with Gasteiger partial charge in [-0.15, -0.1) is 0 Å². The van der Waals surface area contributed by atoms with Crippen LogP contribution in [0.3, 0.4) is 0 Å². The van der Waals surface area contributed by atoms with E-state index in [1.807, 2.05) is 0 Å². The molecule has 0 unspecified atom stereocenters. The molecule has 1 heterocycles. The molecule has 0 aliphatic carbocycles. The van der Waals surface area contributed by atoms with Gasteiger partial charge in [-0.3, -0.25) is 5.43 Å². The number of carbonyl (C=O) groups is 1. The van der Waals surface area contributed by atoms with Crippen LogP contribution in [-0.4, -0.2) is 26.5 Å². The molecule has 27 heavy (non-hydrogen) atoms. The number of rotatable bonds is 5. The van der Waals surface area contributed by atoms with E-state index in [2.05, 4.69) is 15.8 Å². The van der Waals surface area contributed by atoms with Crippen LogP contribution in [0.4, 0.5) is 10.7 Å². The number of halogens is 2. The topological polar surface area (TPSA) is 110 Å². The number of ether oxygens (including phenoxy) is 1. The number of nitrogens with one attached hydrogen (secondary N) is 2. The third kappa shape index (κ3) is 5.88. The quantitative estimate of drug-likeness (QED) is 0.416. The fourth-order valence-electron chi connectivity index (χ4n) is 1.78. The lowest BCUT2D eigenvalue weighted by molar-refractivity contribution is 0.0514. The average Bonchev–Trinajstić information content (AvgIpc) is 3.02. The molecule has 0 fully saturated rings. The van der Waals surface area contributed by atoms with Crippen molar-refractivity contribution in [3.63, 3.8) is 0 Å². The Bertz CT molecular complexity index is 965. The van der Waals surface area contributed by atoms with Gasteiger partial charge in [-0.25, -0.2) is 23.6 Å². The Labute approximate surface area is 166 Å². The summed E-state index contributed by atoms with van der Waals surface area (Å²) in [4.78, 5) is 15.2. The summed E-state index contributed by atoms with van der Waals surface area (Å²) < 4.78 is 35.3. The second kappa shape index (κ2) is 8.20. The van der Waals surface area contributed by atoms with Crippen LogP contribution in [0.1, 0.15) is 20.8 Å². The highest BCUT2D eigenvalue weighted by Crippen LogP contribution is 2.30. The first-order valence-corrected chi connectivity index (χ1v) is 9.80. The van der Waals surface area contributed by atoms with Crippen LogP contribution in [0.5, 0.6) is 0 Å². The van der Waals surface area contributed by atoms with Gasteiger partial charge in [0.25, 0.3) is 0 Å². The van der Waals surface area contributed by atoms with Crippen molar-refractivity contribution in [2.45, 2.75) is 36.4 Å². The molecule has 8 nitrogen and oxygen atoms in total. The smallest absolute Gasteiger partial charge is 0.426 e. The third-order valence-corrected chi connectivity index (χ3v) is 5.23. The summed E-state index contributed by atoms with van der Waals surface area (Å²) >= 11 is 11.7. The zero-order valence-corrected chi connectivity index (χ0v) is 16.9. The molecule has 11 heteroatoms. The zero-order chi connectivity index (χ0) is 20.2. The van der Waals surface area contributed by atoms with Gasteiger partial charge in [0, 0.05) is 6.07 Å². The van der Waals surface area contributed by atoms with Crippen LogP contribution in [0.25, 0.3) is 0 Å². The number of furan rings is 1. The lowest BCUT2D eigenvalue weighted by Gasteiger charge is -2.19. The molecule has 0 atom stereocenters. The van der Waals surface area contributed by atoms with E-state index < -0.39 is 21.5 Å². The molecule has 0 bridgehead atoms. The molecule has 146 valence electrons. The molecule has 0 saturated carbocycles. The summed E-state index contributed by atoms with van der Waals surface area (Å²) in [5.41, 5.74) is 3.99. The van der Waals surface area contributed by atoms with E-state index in [-0.39, 0.29) is 25.9 Å². The minimum absolute atomic E-state index is 0.00660. The predicted octanol–water partition coefficient (Wildman–Crippen LogP) is 4.11. The van der Waals surface area contributed by atoms with Gasteiger partial charge in [0.05, 0.1) is 14.9 Å². The second-order valence-electron chi connectivity index (χ2n) is 6.20. The van der Waals surface area contributed by atoms with Crippen molar-refractivity contribution in [1.82, 2.24) is 10.9 Å². The van der Waals surface area contributed by atoms with E-state index in [0.717, 1.165) is 6.34 Å². The molecule has 0 spiro atoms. The Kier molecular flexibility index (Phi) is 6.40. The fraction of sp³-hybridized carbons (Fsp3) is 0.250. The van der Waals surface area contributed by atoms with Crippen molar-refractivity contribution in [3.05, 3.63) is 40.4 Å². The Morgan fingerprint density at radius 1 is 1.19 bits per heavy atom. The van der Waals surface area contributed by atoms with Gasteiger partial charge in [-0.1, -0.05) is 23.2 Å². The molecule has 0 aliphatic heterocycles. The Morgan fingerprint density at radius 2 is 1.89 bits per heavy atom. The van der Waals surface area contributed by atoms with Crippen LogP contribution in [0, 0.1) is 0 Å². The second-order valence-corrected chi connectivity index (χ2v) is 8.90. The minimum atomic E-state index is -3.92. The molecular formula is C16H17Cl2N3O5S. The molecule has 0 aliphatic rings. The van der Waals surface area contributed by atoms with Gasteiger partial charge >= 0.3 is 6.09 Å². The first-order valence-electron chi connectivity index (χ1n) is 7.56. The van der Waals surface area contributed by atoms with Gasteiger partial charge in [0.15, 0.2) is 0 Å². The predicted molar refractivity (Wildman–Crippen MR) is 101 cm³/mol. The standard InChI is InChI=1S/C16H17Cl2N3O5S/c1-16(2,3)26-15(22)21-20-9-19-13-6-7-14(25-13)27(23,24)10-4-5-11(17)12(18)8-10/h4-9H,1-3H3,(H,19,20)(H,21,22). The Morgan fingerprint density at radius 3 is 2.52 bits per heavy atom. The van der Waals surface area contributed by atoms with E-state index in [1.54, 1.807) is 20.8 Å². The number of amides is 1. The Hall–Kier alpha value is -2.23. The summed E-state index contributed by atoms with van der Waals surface area (Å²) in [6.45, 7) is 5.16. The van der Waals surface area contributed by atoms with Crippen molar-refractivity contribution in [1.29, 1.82) is 0 Å². The number of hydrogen-bond donors (Lipinski definition) is 2. The first-order chi connectivity index (χ1) is 12.5. The average molecular weight is 434 g/mol. The van der Waals surface area contributed by atoms with E-state index >= 15 is 0 Å². The normalized spacial score (nSPS) is 12.2. The van der Waals surface area contributed by atoms with Crippen molar-refractivity contribution in [3.8, 4) is 0 Å². The molecule has 1 amide bonds. The highest BCUT2D eigenvalue weighted by atomic mass is 35.5. The van der Waals surface area contributed by atoms with Crippen molar-refractivity contribution < 1.29 is 22.4 Å². The number of aliphatic imine (C=N–C) groups is 1. The number of sulfone groups is 1. The number of hydrazine groups is 1. The SMILES string of the molecule is CC(C)(C)OC(=O)NN/C=N/c1ccc(S(=O)(=O)c2ccc(Cl)c(Cl)c2)o1. The summed E-state index contributed by atoms with van der Waals surface area (Å²) in [6, 6.07) is 6.55. The first kappa shape index (κ1) is 21.1. The van der Waals surface area contributed by atoms with E-state index in [9.17, 15) is 13.2 Å². The van der Waals surface area contributed by atoms with Gasteiger partial charge < -0.3 is 9.15 Å². The zero-order valence-electron chi connectivity index (χ0n) is 14.6. The van der Waals surface area contributed by atoms with Crippen LogP contribution in [0.2, 0.25) is 10.0 Å². The highest BCUT2D eigenvalue weighted by Gasteiger charge is 2.22. The monoisotopic (exact) mass is 433 g/mol. The fourth-order valence-corrected chi connectivity index (χ4v) is 3.33. The van der Waals surface area contributed by atoms with Crippen LogP contribution in [-0.2, 0) is 14.6 Å². The molecular weight excluding hydrogens is 417 g/mol. The molecule has 1 aromatic heterocycles. The maximum Gasteiger partial charge on any atom is 0.426 e. The maximum atomic E-state index is 12.5. The van der Waals surface area contributed by atoms with Crippen LogP contribution >= 0.6 is 23.2 Å². The number of benzene rings is 1. The summed E-state index contributed by atoms with van der Waals surface area (Å²) in [6.07, 6.45) is 0.412.